The predicted octanol–water partition coefficient (Wildman–Crippen LogP) is 2.94. The minimum atomic E-state index is 0.741. The van der Waals surface area contributed by atoms with E-state index in [9.17, 15) is 0 Å². The quantitative estimate of drug-likeness (QED) is 0.729. The Morgan fingerprint density at radius 1 is 1.05 bits per heavy atom. The van der Waals surface area contributed by atoms with Crippen molar-refractivity contribution in [3.05, 3.63) is 47.4 Å². The van der Waals surface area contributed by atoms with Crippen molar-refractivity contribution in [2.45, 2.75) is 33.2 Å². The van der Waals surface area contributed by atoms with Crippen LogP contribution in [0.2, 0.25) is 0 Å². The molecule has 0 amide bonds. The Morgan fingerprint density at radius 3 is 2.60 bits per heavy atom. The van der Waals surface area contributed by atoms with Gasteiger partial charge in [-0.15, -0.1) is 0 Å². The van der Waals surface area contributed by atoms with E-state index in [0.717, 1.165) is 30.8 Å². The molecule has 0 N–H and O–H groups in total. The maximum Gasteiger partial charge on any atom is 0.0918 e. The van der Waals surface area contributed by atoms with E-state index in [1.807, 2.05) is 17.8 Å². The summed E-state index contributed by atoms with van der Waals surface area (Å²) in [7, 11) is 1.99. The molecule has 0 unspecified atom stereocenters. The van der Waals surface area contributed by atoms with Crippen molar-refractivity contribution in [3.8, 4) is 0 Å². The van der Waals surface area contributed by atoms with Gasteiger partial charge >= 0.3 is 0 Å². The first-order valence-electron chi connectivity index (χ1n) is 7.19. The highest BCUT2D eigenvalue weighted by Gasteiger charge is 2.11. The second kappa shape index (κ2) is 5.12. The molecule has 4 nitrogen and oxygen atoms in total. The van der Waals surface area contributed by atoms with Crippen molar-refractivity contribution in [1.82, 2.24) is 19.6 Å². The number of rotatable bonds is 4. The first kappa shape index (κ1) is 12.9. The molecule has 2 aromatic heterocycles. The van der Waals surface area contributed by atoms with Crippen LogP contribution in [0.1, 0.15) is 30.9 Å². The minimum Gasteiger partial charge on any atom is -0.268 e. The summed E-state index contributed by atoms with van der Waals surface area (Å²) in [5, 5.41) is 10.5. The molecule has 3 rings (SSSR count). The number of aromatic nitrogens is 4. The lowest BCUT2D eigenvalue weighted by atomic mass is 10.2. The highest BCUT2D eigenvalue weighted by Crippen LogP contribution is 2.19. The lowest BCUT2D eigenvalue weighted by molar-refractivity contribution is 0.620. The molecule has 0 fully saturated rings. The zero-order chi connectivity index (χ0) is 14.1. The molecular weight excluding hydrogens is 248 g/mol. The molecule has 2 heterocycles. The van der Waals surface area contributed by atoms with Crippen LogP contribution in [0.25, 0.3) is 10.9 Å². The monoisotopic (exact) mass is 268 g/mol. The summed E-state index contributed by atoms with van der Waals surface area (Å²) in [5.74, 6) is 0. The van der Waals surface area contributed by atoms with Crippen molar-refractivity contribution in [2.24, 2.45) is 7.05 Å². The number of para-hydroxylation sites is 1. The van der Waals surface area contributed by atoms with E-state index in [1.54, 1.807) is 0 Å². The predicted molar refractivity (Wildman–Crippen MR) is 80.8 cm³/mol. The van der Waals surface area contributed by atoms with Gasteiger partial charge in [-0.25, -0.2) is 0 Å². The van der Waals surface area contributed by atoms with Crippen LogP contribution in [0.15, 0.2) is 30.3 Å². The highest BCUT2D eigenvalue weighted by molar-refractivity contribution is 5.81. The Hall–Kier alpha value is -2.10. The van der Waals surface area contributed by atoms with Crippen LogP contribution >= 0.6 is 0 Å². The van der Waals surface area contributed by atoms with Gasteiger partial charge in [-0.3, -0.25) is 9.36 Å². The van der Waals surface area contributed by atoms with Crippen molar-refractivity contribution >= 4 is 10.9 Å². The third kappa shape index (κ3) is 2.11. The molecule has 0 aliphatic rings. The van der Waals surface area contributed by atoms with Crippen molar-refractivity contribution in [1.29, 1.82) is 0 Å². The molecule has 0 atom stereocenters. The van der Waals surface area contributed by atoms with Crippen molar-refractivity contribution < 1.29 is 0 Å². The standard InChI is InChI=1S/C16H20N4/c1-4-12-10-13(5-2)20(17-12)11-15-14-8-6-7-9-16(14)19(3)18-15/h6-10H,4-5,11H2,1-3H3. The van der Waals surface area contributed by atoms with Gasteiger partial charge in [0.1, 0.15) is 0 Å². The van der Waals surface area contributed by atoms with Crippen LogP contribution in [0.3, 0.4) is 0 Å². The van der Waals surface area contributed by atoms with E-state index >= 15 is 0 Å². The summed E-state index contributed by atoms with van der Waals surface area (Å²) in [6.45, 7) is 5.05. The summed E-state index contributed by atoms with van der Waals surface area (Å²) in [6, 6.07) is 10.6. The molecule has 0 aliphatic carbocycles. The lowest BCUT2D eigenvalue weighted by Gasteiger charge is -2.03. The second-order valence-electron chi connectivity index (χ2n) is 5.08. The SMILES string of the molecule is CCc1cc(CC)n(Cc2nn(C)c3ccccc23)n1. The van der Waals surface area contributed by atoms with Crippen LogP contribution < -0.4 is 0 Å². The van der Waals surface area contributed by atoms with E-state index in [4.69, 9.17) is 0 Å². The molecule has 20 heavy (non-hydrogen) atoms. The van der Waals surface area contributed by atoms with Gasteiger partial charge in [-0.2, -0.15) is 10.2 Å². The van der Waals surface area contributed by atoms with Crippen LogP contribution in [0.5, 0.6) is 0 Å². The molecule has 0 saturated heterocycles. The van der Waals surface area contributed by atoms with Crippen LogP contribution in [-0.2, 0) is 26.4 Å². The van der Waals surface area contributed by atoms with E-state index in [1.165, 1.54) is 16.6 Å². The number of nitrogens with zero attached hydrogens (tertiary/aromatic N) is 4. The van der Waals surface area contributed by atoms with E-state index < -0.39 is 0 Å². The fraction of sp³-hybridized carbons (Fsp3) is 0.375. The molecule has 3 aromatic rings. The van der Waals surface area contributed by atoms with E-state index in [2.05, 4.69) is 53.0 Å². The average Bonchev–Trinajstić information content (AvgIpc) is 3.02. The zero-order valence-corrected chi connectivity index (χ0v) is 12.3. The topological polar surface area (TPSA) is 35.6 Å². The van der Waals surface area contributed by atoms with Gasteiger partial charge in [0.15, 0.2) is 0 Å². The second-order valence-corrected chi connectivity index (χ2v) is 5.08. The Balaban J connectivity index is 2.03. The number of aryl methyl sites for hydroxylation is 3. The molecule has 0 spiro atoms. The van der Waals surface area contributed by atoms with Gasteiger partial charge in [0, 0.05) is 18.1 Å². The third-order valence-electron chi connectivity index (χ3n) is 3.77. The zero-order valence-electron chi connectivity index (χ0n) is 12.3. The molecule has 0 bridgehead atoms. The summed E-state index contributed by atoms with van der Waals surface area (Å²) in [6.07, 6.45) is 1.97. The highest BCUT2D eigenvalue weighted by atomic mass is 15.3. The van der Waals surface area contributed by atoms with Gasteiger partial charge in [-0.05, 0) is 25.0 Å². The van der Waals surface area contributed by atoms with Gasteiger partial charge in [0.2, 0.25) is 0 Å². The number of hydrogen-bond acceptors (Lipinski definition) is 2. The average molecular weight is 268 g/mol. The Bertz CT molecular complexity index is 736. The fourth-order valence-electron chi connectivity index (χ4n) is 2.66. The van der Waals surface area contributed by atoms with Crippen LogP contribution in [0.4, 0.5) is 0 Å². The maximum atomic E-state index is 4.68. The fourth-order valence-corrected chi connectivity index (χ4v) is 2.66. The minimum absolute atomic E-state index is 0.741. The molecular formula is C16H20N4. The van der Waals surface area contributed by atoms with Crippen LogP contribution in [0, 0.1) is 0 Å². The third-order valence-corrected chi connectivity index (χ3v) is 3.77. The Kier molecular flexibility index (Phi) is 3.30. The van der Waals surface area contributed by atoms with Gasteiger partial charge in [0.25, 0.3) is 0 Å². The largest absolute Gasteiger partial charge is 0.268 e. The first-order valence-corrected chi connectivity index (χ1v) is 7.19. The molecule has 4 heteroatoms. The van der Waals surface area contributed by atoms with Crippen molar-refractivity contribution in [2.75, 3.05) is 0 Å². The van der Waals surface area contributed by atoms with Crippen molar-refractivity contribution in [3.63, 3.8) is 0 Å². The molecule has 0 radical (unpaired) electrons. The summed E-state index contributed by atoms with van der Waals surface area (Å²) in [4.78, 5) is 0. The maximum absolute atomic E-state index is 4.68. The normalized spacial score (nSPS) is 11.3. The summed E-state index contributed by atoms with van der Waals surface area (Å²) < 4.78 is 4.04. The van der Waals surface area contributed by atoms with E-state index in [-0.39, 0.29) is 0 Å². The number of benzene rings is 1. The first-order chi connectivity index (χ1) is 9.72. The summed E-state index contributed by atoms with van der Waals surface area (Å²) >= 11 is 0. The lowest BCUT2D eigenvalue weighted by Crippen LogP contribution is -2.07. The van der Waals surface area contributed by atoms with Gasteiger partial charge in [0.05, 0.1) is 23.4 Å². The van der Waals surface area contributed by atoms with Gasteiger partial charge in [-0.1, -0.05) is 32.0 Å². The van der Waals surface area contributed by atoms with Gasteiger partial charge < -0.3 is 0 Å². The molecule has 1 aromatic carbocycles. The smallest absolute Gasteiger partial charge is 0.0918 e. The molecule has 0 saturated carbocycles. The Labute approximate surface area is 119 Å². The molecule has 0 aliphatic heterocycles. The number of hydrogen-bond donors (Lipinski definition) is 0. The Morgan fingerprint density at radius 2 is 1.85 bits per heavy atom. The van der Waals surface area contributed by atoms with E-state index in [0.29, 0.717) is 0 Å². The number of fused-ring (bicyclic) bond motifs is 1. The summed E-state index contributed by atoms with van der Waals surface area (Å²) in [5.41, 5.74) is 4.69. The van der Waals surface area contributed by atoms with Crippen LogP contribution in [-0.4, -0.2) is 19.6 Å². The molecule has 104 valence electrons.